The molecule has 0 radical (unpaired) electrons. The average molecular weight is 317 g/mol. The van der Waals surface area contributed by atoms with E-state index in [9.17, 15) is 4.39 Å². The van der Waals surface area contributed by atoms with Crippen LogP contribution in [0.2, 0.25) is 0 Å². The van der Waals surface area contributed by atoms with Crippen LogP contribution in [0.25, 0.3) is 0 Å². The first-order chi connectivity index (χ1) is 8.65. The summed E-state index contributed by atoms with van der Waals surface area (Å²) in [6, 6.07) is 5.73. The molecule has 1 aliphatic heterocycles. The Bertz CT molecular complexity index is 397. The van der Waals surface area contributed by atoms with Gasteiger partial charge in [0, 0.05) is 24.3 Å². The molecule has 2 rings (SSSR count). The van der Waals surface area contributed by atoms with Crippen molar-refractivity contribution in [3.63, 3.8) is 0 Å². The number of anilines is 1. The van der Waals surface area contributed by atoms with Gasteiger partial charge in [-0.1, -0.05) is 0 Å². The summed E-state index contributed by atoms with van der Waals surface area (Å²) in [6.07, 6.45) is 0.956. The molecule has 2 atom stereocenters. The smallest absolute Gasteiger partial charge is 0.139 e. The van der Waals surface area contributed by atoms with Crippen LogP contribution in [0, 0.1) is 5.82 Å². The highest BCUT2D eigenvalue weighted by Gasteiger charge is 2.16. The zero-order chi connectivity index (χ0) is 13.0. The lowest BCUT2D eigenvalue weighted by Gasteiger charge is -2.27. The third kappa shape index (κ3) is 3.93. The van der Waals surface area contributed by atoms with Gasteiger partial charge in [-0.25, -0.2) is 4.39 Å². The highest BCUT2D eigenvalue weighted by Crippen LogP contribution is 2.20. The number of rotatable bonds is 4. The van der Waals surface area contributed by atoms with E-state index in [1.54, 1.807) is 6.07 Å². The second kappa shape index (κ2) is 6.50. The zero-order valence-electron chi connectivity index (χ0n) is 10.4. The van der Waals surface area contributed by atoms with E-state index in [1.165, 1.54) is 6.07 Å². The van der Waals surface area contributed by atoms with Crippen molar-refractivity contribution in [2.75, 3.05) is 25.1 Å². The van der Waals surface area contributed by atoms with Crippen LogP contribution in [-0.4, -0.2) is 31.8 Å². The molecular weight excluding hydrogens is 299 g/mol. The molecule has 3 nitrogen and oxygen atoms in total. The largest absolute Gasteiger partial charge is 0.382 e. The van der Waals surface area contributed by atoms with Gasteiger partial charge in [-0.2, -0.15) is 0 Å². The zero-order valence-corrected chi connectivity index (χ0v) is 12.0. The fourth-order valence-electron chi connectivity index (χ4n) is 2.13. The van der Waals surface area contributed by atoms with E-state index in [2.05, 4.69) is 33.5 Å². The van der Waals surface area contributed by atoms with Crippen LogP contribution in [0.15, 0.2) is 22.7 Å². The Balaban J connectivity index is 1.85. The van der Waals surface area contributed by atoms with Crippen molar-refractivity contribution in [2.45, 2.75) is 25.4 Å². The number of hydrogen-bond donors (Lipinski definition) is 2. The highest BCUT2D eigenvalue weighted by molar-refractivity contribution is 9.10. The molecule has 0 aromatic heterocycles. The van der Waals surface area contributed by atoms with Gasteiger partial charge in [0.05, 0.1) is 17.7 Å². The van der Waals surface area contributed by atoms with Crippen molar-refractivity contribution in [1.29, 1.82) is 0 Å². The monoisotopic (exact) mass is 316 g/mol. The van der Waals surface area contributed by atoms with Crippen LogP contribution in [0.1, 0.15) is 13.3 Å². The summed E-state index contributed by atoms with van der Waals surface area (Å²) in [4.78, 5) is 0. The molecule has 0 spiro atoms. The van der Waals surface area contributed by atoms with E-state index in [-0.39, 0.29) is 11.9 Å². The molecule has 1 aromatic carbocycles. The van der Waals surface area contributed by atoms with Crippen LogP contribution in [0.4, 0.5) is 10.1 Å². The standard InChI is InChI=1S/C13H18BrFN2O/c1-9(6-11-8-18-5-4-16-11)17-10-2-3-12(14)13(15)7-10/h2-3,7,9,11,16-17H,4-6,8H2,1H3. The molecule has 100 valence electrons. The number of nitrogens with one attached hydrogen (secondary N) is 2. The van der Waals surface area contributed by atoms with Crippen LogP contribution in [0.5, 0.6) is 0 Å². The molecule has 0 saturated carbocycles. The number of benzene rings is 1. The summed E-state index contributed by atoms with van der Waals surface area (Å²) in [5.74, 6) is -0.244. The summed E-state index contributed by atoms with van der Waals surface area (Å²) >= 11 is 3.15. The molecule has 2 N–H and O–H groups in total. The molecule has 1 aliphatic rings. The first-order valence-electron chi connectivity index (χ1n) is 6.18. The number of halogens is 2. The predicted octanol–water partition coefficient (Wildman–Crippen LogP) is 2.77. The number of ether oxygens (including phenoxy) is 1. The Kier molecular flexibility index (Phi) is 4.97. The third-order valence-electron chi connectivity index (χ3n) is 2.97. The SMILES string of the molecule is CC(CC1COCCN1)Nc1ccc(Br)c(F)c1. The Labute approximate surface area is 115 Å². The molecule has 2 unspecified atom stereocenters. The van der Waals surface area contributed by atoms with E-state index in [4.69, 9.17) is 4.74 Å². The predicted molar refractivity (Wildman–Crippen MR) is 74.4 cm³/mol. The number of morpholine rings is 1. The van der Waals surface area contributed by atoms with Crippen molar-refractivity contribution < 1.29 is 9.13 Å². The second-order valence-electron chi connectivity index (χ2n) is 4.64. The Morgan fingerprint density at radius 3 is 3.11 bits per heavy atom. The molecule has 1 fully saturated rings. The maximum Gasteiger partial charge on any atom is 0.139 e. The van der Waals surface area contributed by atoms with E-state index in [0.717, 1.165) is 31.9 Å². The third-order valence-corrected chi connectivity index (χ3v) is 3.61. The van der Waals surface area contributed by atoms with Gasteiger partial charge in [-0.05, 0) is 47.5 Å². The maximum atomic E-state index is 13.4. The molecule has 1 saturated heterocycles. The van der Waals surface area contributed by atoms with E-state index >= 15 is 0 Å². The van der Waals surface area contributed by atoms with E-state index < -0.39 is 0 Å². The summed E-state index contributed by atoms with van der Waals surface area (Å²) in [5, 5.41) is 6.71. The van der Waals surface area contributed by atoms with Crippen LogP contribution < -0.4 is 10.6 Å². The van der Waals surface area contributed by atoms with Crippen LogP contribution >= 0.6 is 15.9 Å². The summed E-state index contributed by atoms with van der Waals surface area (Å²) in [5.41, 5.74) is 0.805. The molecule has 0 bridgehead atoms. The van der Waals surface area contributed by atoms with Crippen molar-refractivity contribution >= 4 is 21.6 Å². The molecular formula is C13H18BrFN2O. The van der Waals surface area contributed by atoms with Gasteiger partial charge in [-0.3, -0.25) is 0 Å². The first-order valence-corrected chi connectivity index (χ1v) is 6.97. The van der Waals surface area contributed by atoms with Crippen molar-refractivity contribution in [2.24, 2.45) is 0 Å². The topological polar surface area (TPSA) is 33.3 Å². The first kappa shape index (κ1) is 13.8. The Morgan fingerprint density at radius 1 is 1.61 bits per heavy atom. The van der Waals surface area contributed by atoms with Crippen molar-refractivity contribution in [1.82, 2.24) is 5.32 Å². The van der Waals surface area contributed by atoms with E-state index in [1.807, 2.05) is 6.07 Å². The minimum absolute atomic E-state index is 0.244. The molecule has 18 heavy (non-hydrogen) atoms. The highest BCUT2D eigenvalue weighted by atomic mass is 79.9. The van der Waals surface area contributed by atoms with Gasteiger partial charge in [-0.15, -0.1) is 0 Å². The lowest BCUT2D eigenvalue weighted by Crippen LogP contribution is -2.43. The van der Waals surface area contributed by atoms with Crippen LogP contribution in [-0.2, 0) is 4.74 Å². The minimum atomic E-state index is -0.244. The fraction of sp³-hybridized carbons (Fsp3) is 0.538. The van der Waals surface area contributed by atoms with Gasteiger partial charge in [0.1, 0.15) is 5.82 Å². The normalized spacial score (nSPS) is 21.6. The summed E-state index contributed by atoms with van der Waals surface area (Å²) in [6.45, 7) is 4.54. The summed E-state index contributed by atoms with van der Waals surface area (Å²) < 4.78 is 19.3. The van der Waals surface area contributed by atoms with Gasteiger partial charge in [0.25, 0.3) is 0 Å². The quantitative estimate of drug-likeness (QED) is 0.896. The van der Waals surface area contributed by atoms with Gasteiger partial charge >= 0.3 is 0 Å². The van der Waals surface area contributed by atoms with Gasteiger partial charge in [0.15, 0.2) is 0 Å². The molecule has 1 aromatic rings. The summed E-state index contributed by atoms with van der Waals surface area (Å²) in [7, 11) is 0. The number of hydrogen-bond acceptors (Lipinski definition) is 3. The average Bonchev–Trinajstić information content (AvgIpc) is 2.35. The van der Waals surface area contributed by atoms with Gasteiger partial charge < -0.3 is 15.4 Å². The Hall–Kier alpha value is -0.650. The molecule has 0 aliphatic carbocycles. The fourth-order valence-corrected chi connectivity index (χ4v) is 2.37. The van der Waals surface area contributed by atoms with Crippen molar-refractivity contribution in [3.05, 3.63) is 28.5 Å². The van der Waals surface area contributed by atoms with Crippen molar-refractivity contribution in [3.8, 4) is 0 Å². The van der Waals surface area contributed by atoms with Gasteiger partial charge in [0.2, 0.25) is 0 Å². The van der Waals surface area contributed by atoms with Crippen LogP contribution in [0.3, 0.4) is 0 Å². The second-order valence-corrected chi connectivity index (χ2v) is 5.49. The Morgan fingerprint density at radius 2 is 2.44 bits per heavy atom. The molecule has 5 heteroatoms. The minimum Gasteiger partial charge on any atom is -0.382 e. The van der Waals surface area contributed by atoms with E-state index in [0.29, 0.717) is 10.5 Å². The lowest BCUT2D eigenvalue weighted by atomic mass is 10.1. The molecule has 1 heterocycles. The molecule has 0 amide bonds. The maximum absolute atomic E-state index is 13.4. The lowest BCUT2D eigenvalue weighted by molar-refractivity contribution is 0.0731.